The van der Waals surface area contributed by atoms with Gasteiger partial charge in [-0.3, -0.25) is 4.79 Å². The van der Waals surface area contributed by atoms with Gasteiger partial charge in [0.1, 0.15) is 11.6 Å². The van der Waals surface area contributed by atoms with E-state index in [1.54, 1.807) is 0 Å². The Balaban J connectivity index is 2.52. The van der Waals surface area contributed by atoms with E-state index in [0.717, 1.165) is 6.07 Å². The van der Waals surface area contributed by atoms with Gasteiger partial charge in [0, 0.05) is 22.2 Å². The van der Waals surface area contributed by atoms with E-state index in [4.69, 9.17) is 16.3 Å². The van der Waals surface area contributed by atoms with Crippen LogP contribution in [0.25, 0.3) is 0 Å². The maximum absolute atomic E-state index is 13.8. The normalized spacial score (nSPS) is 12.1. The van der Waals surface area contributed by atoms with Crippen LogP contribution >= 0.6 is 27.5 Å². The van der Waals surface area contributed by atoms with Gasteiger partial charge in [0.25, 0.3) is 0 Å². The van der Waals surface area contributed by atoms with Crippen molar-refractivity contribution in [2.24, 2.45) is 0 Å². The molecule has 1 aromatic carbocycles. The number of halogens is 4. The SMILES string of the molecule is COc1ccc(F)c(Cl)c1C(C)C(=O)c1cc(Br)cnc1F. The van der Waals surface area contributed by atoms with Crippen LogP contribution in [0, 0.1) is 11.8 Å². The van der Waals surface area contributed by atoms with Gasteiger partial charge in [-0.2, -0.15) is 4.39 Å². The van der Waals surface area contributed by atoms with Crippen molar-refractivity contribution in [3.05, 3.63) is 56.8 Å². The van der Waals surface area contributed by atoms with Crippen molar-refractivity contribution < 1.29 is 18.3 Å². The summed E-state index contributed by atoms with van der Waals surface area (Å²) >= 11 is 9.08. The summed E-state index contributed by atoms with van der Waals surface area (Å²) < 4.78 is 33.0. The summed E-state index contributed by atoms with van der Waals surface area (Å²) in [4.78, 5) is 16.0. The first kappa shape index (κ1) is 16.8. The number of ketones is 1. The van der Waals surface area contributed by atoms with Crippen LogP contribution < -0.4 is 4.74 Å². The number of aromatic nitrogens is 1. The second kappa shape index (κ2) is 6.71. The van der Waals surface area contributed by atoms with E-state index in [-0.39, 0.29) is 21.9 Å². The van der Waals surface area contributed by atoms with Gasteiger partial charge in [0.05, 0.1) is 17.7 Å². The molecule has 0 spiro atoms. The molecule has 2 rings (SSSR count). The summed E-state index contributed by atoms with van der Waals surface area (Å²) in [6, 6.07) is 3.83. The topological polar surface area (TPSA) is 39.2 Å². The summed E-state index contributed by atoms with van der Waals surface area (Å²) in [6.07, 6.45) is 1.24. The molecule has 0 amide bonds. The second-order valence-electron chi connectivity index (χ2n) is 4.56. The lowest BCUT2D eigenvalue weighted by Gasteiger charge is -2.17. The average molecular weight is 391 g/mol. The summed E-state index contributed by atoms with van der Waals surface area (Å²) in [5.74, 6) is -2.78. The summed E-state index contributed by atoms with van der Waals surface area (Å²) in [5.41, 5.74) is -0.0298. The number of benzene rings is 1. The standard InChI is InChI=1S/C15H11BrClF2NO2/c1-7(12-11(22-2)4-3-10(18)13(12)17)14(21)9-5-8(16)6-20-15(9)19/h3-7H,1-2H3. The Hall–Kier alpha value is -1.53. The zero-order valence-electron chi connectivity index (χ0n) is 11.7. The van der Waals surface area contributed by atoms with Crippen LogP contribution in [0.3, 0.4) is 0 Å². The van der Waals surface area contributed by atoms with Crippen molar-refractivity contribution in [2.75, 3.05) is 7.11 Å². The summed E-state index contributed by atoms with van der Waals surface area (Å²) in [7, 11) is 1.38. The predicted octanol–water partition coefficient (Wildman–Crippen LogP) is 4.77. The van der Waals surface area contributed by atoms with Gasteiger partial charge in [-0.15, -0.1) is 0 Å². The number of hydrogen-bond acceptors (Lipinski definition) is 3. The number of ether oxygens (including phenoxy) is 1. The Morgan fingerprint density at radius 2 is 2.09 bits per heavy atom. The van der Waals surface area contributed by atoms with E-state index >= 15 is 0 Å². The van der Waals surface area contributed by atoms with Gasteiger partial charge in [-0.1, -0.05) is 18.5 Å². The molecule has 0 aliphatic heterocycles. The lowest BCUT2D eigenvalue weighted by molar-refractivity contribution is 0.0960. The molecule has 0 saturated carbocycles. The monoisotopic (exact) mass is 389 g/mol. The maximum Gasteiger partial charge on any atom is 0.223 e. The first-order valence-corrected chi connectivity index (χ1v) is 7.41. The molecule has 22 heavy (non-hydrogen) atoms. The molecule has 1 heterocycles. The molecule has 1 aromatic heterocycles. The zero-order valence-corrected chi connectivity index (χ0v) is 14.0. The van der Waals surface area contributed by atoms with Gasteiger partial charge in [-0.05, 0) is 34.1 Å². The lowest BCUT2D eigenvalue weighted by Crippen LogP contribution is -2.14. The highest BCUT2D eigenvalue weighted by molar-refractivity contribution is 9.10. The fraction of sp³-hybridized carbons (Fsp3) is 0.200. The molecule has 7 heteroatoms. The third-order valence-corrected chi connectivity index (χ3v) is 4.03. The molecular formula is C15H11BrClF2NO2. The third kappa shape index (κ3) is 3.13. The van der Waals surface area contributed by atoms with Crippen LogP contribution in [0.4, 0.5) is 8.78 Å². The van der Waals surface area contributed by atoms with Crippen LogP contribution in [0.1, 0.15) is 28.8 Å². The number of Topliss-reactive ketones (excluding diaryl/α,β-unsaturated/α-hetero) is 1. The van der Waals surface area contributed by atoms with Crippen LogP contribution in [-0.2, 0) is 0 Å². The first-order valence-electron chi connectivity index (χ1n) is 6.24. The van der Waals surface area contributed by atoms with Crippen molar-refractivity contribution in [3.8, 4) is 5.75 Å². The Kier molecular flexibility index (Phi) is 5.13. The Labute approximate surface area is 139 Å². The highest BCUT2D eigenvalue weighted by atomic mass is 79.9. The molecule has 0 radical (unpaired) electrons. The highest BCUT2D eigenvalue weighted by Gasteiger charge is 2.27. The molecular weight excluding hydrogens is 380 g/mol. The number of carbonyl (C=O) groups is 1. The van der Waals surface area contributed by atoms with Crippen LogP contribution in [0.5, 0.6) is 5.75 Å². The fourth-order valence-electron chi connectivity index (χ4n) is 2.09. The van der Waals surface area contributed by atoms with Crippen molar-refractivity contribution >= 4 is 33.3 Å². The van der Waals surface area contributed by atoms with E-state index < -0.39 is 23.5 Å². The number of carbonyl (C=O) groups excluding carboxylic acids is 1. The van der Waals surface area contributed by atoms with Gasteiger partial charge >= 0.3 is 0 Å². The molecule has 1 atom stereocenters. The van der Waals surface area contributed by atoms with E-state index in [2.05, 4.69) is 20.9 Å². The van der Waals surface area contributed by atoms with Crippen molar-refractivity contribution in [2.45, 2.75) is 12.8 Å². The minimum atomic E-state index is -0.899. The maximum atomic E-state index is 13.8. The molecule has 0 saturated heterocycles. The molecule has 0 N–H and O–H groups in total. The molecule has 116 valence electrons. The average Bonchev–Trinajstić information content (AvgIpc) is 2.50. The van der Waals surface area contributed by atoms with Crippen molar-refractivity contribution in [3.63, 3.8) is 0 Å². The highest BCUT2D eigenvalue weighted by Crippen LogP contribution is 2.37. The van der Waals surface area contributed by atoms with E-state index in [0.29, 0.717) is 4.47 Å². The molecule has 1 unspecified atom stereocenters. The second-order valence-corrected chi connectivity index (χ2v) is 5.85. The van der Waals surface area contributed by atoms with Crippen LogP contribution in [0.15, 0.2) is 28.9 Å². The summed E-state index contributed by atoms with van der Waals surface area (Å²) in [5, 5.41) is -0.219. The Morgan fingerprint density at radius 3 is 2.73 bits per heavy atom. The number of pyridine rings is 1. The number of nitrogens with zero attached hydrogens (tertiary/aromatic N) is 1. The molecule has 0 aliphatic rings. The first-order chi connectivity index (χ1) is 10.4. The number of hydrogen-bond donors (Lipinski definition) is 0. The van der Waals surface area contributed by atoms with Crippen molar-refractivity contribution in [1.82, 2.24) is 4.98 Å². The molecule has 0 fully saturated rings. The third-order valence-electron chi connectivity index (χ3n) is 3.21. The largest absolute Gasteiger partial charge is 0.496 e. The number of rotatable bonds is 4. The Bertz CT molecular complexity index is 740. The molecule has 3 nitrogen and oxygen atoms in total. The van der Waals surface area contributed by atoms with E-state index in [1.165, 1.54) is 32.4 Å². The van der Waals surface area contributed by atoms with Crippen molar-refractivity contribution in [1.29, 1.82) is 0 Å². The van der Waals surface area contributed by atoms with Crippen LogP contribution in [-0.4, -0.2) is 17.9 Å². The quantitative estimate of drug-likeness (QED) is 0.557. The predicted molar refractivity (Wildman–Crippen MR) is 82.6 cm³/mol. The minimum Gasteiger partial charge on any atom is -0.496 e. The summed E-state index contributed by atoms with van der Waals surface area (Å²) in [6.45, 7) is 1.51. The smallest absolute Gasteiger partial charge is 0.223 e. The van der Waals surface area contributed by atoms with E-state index in [1.807, 2.05) is 0 Å². The van der Waals surface area contributed by atoms with Gasteiger partial charge in [0.2, 0.25) is 5.95 Å². The number of methoxy groups -OCH3 is 1. The van der Waals surface area contributed by atoms with E-state index in [9.17, 15) is 13.6 Å². The molecule has 0 aliphatic carbocycles. The van der Waals surface area contributed by atoms with Gasteiger partial charge in [0.15, 0.2) is 5.78 Å². The molecule has 0 bridgehead atoms. The van der Waals surface area contributed by atoms with Gasteiger partial charge < -0.3 is 4.74 Å². The lowest BCUT2D eigenvalue weighted by atomic mass is 9.92. The Morgan fingerprint density at radius 1 is 1.41 bits per heavy atom. The fourth-order valence-corrected chi connectivity index (χ4v) is 2.74. The zero-order chi connectivity index (χ0) is 16.4. The van der Waals surface area contributed by atoms with Gasteiger partial charge in [-0.25, -0.2) is 9.37 Å². The minimum absolute atomic E-state index is 0.175. The molecule has 2 aromatic rings. The van der Waals surface area contributed by atoms with Crippen LogP contribution in [0.2, 0.25) is 5.02 Å².